The number of hydrogen-bond donors (Lipinski definition) is 0. The summed E-state index contributed by atoms with van der Waals surface area (Å²) in [5.74, 6) is 0.249. The third kappa shape index (κ3) is 2.26. The smallest absolute Gasteiger partial charge is 0.309 e. The highest BCUT2D eigenvalue weighted by molar-refractivity contribution is 5.77. The number of ether oxygens (including phenoxy) is 3. The summed E-state index contributed by atoms with van der Waals surface area (Å²) in [5.41, 5.74) is 0.928. The van der Waals surface area contributed by atoms with Crippen LogP contribution in [0.5, 0.6) is 0 Å². The lowest BCUT2D eigenvalue weighted by molar-refractivity contribution is -0.142. The van der Waals surface area contributed by atoms with Gasteiger partial charge in [0.15, 0.2) is 6.23 Å². The molecule has 0 amide bonds. The Morgan fingerprint density at radius 3 is 3.05 bits per heavy atom. The molecule has 1 saturated heterocycles. The first-order valence-corrected chi connectivity index (χ1v) is 6.54. The molecule has 0 bridgehead atoms. The highest BCUT2D eigenvalue weighted by atomic mass is 16.6. The van der Waals surface area contributed by atoms with E-state index in [2.05, 4.69) is 5.10 Å². The molecule has 0 spiro atoms. The first-order chi connectivity index (χ1) is 9.22. The van der Waals surface area contributed by atoms with Gasteiger partial charge in [-0.25, -0.2) is 4.68 Å². The van der Waals surface area contributed by atoms with E-state index < -0.39 is 0 Å². The summed E-state index contributed by atoms with van der Waals surface area (Å²) in [5, 5.41) is 4.52. The van der Waals surface area contributed by atoms with Crippen molar-refractivity contribution in [1.29, 1.82) is 0 Å². The van der Waals surface area contributed by atoms with Crippen LogP contribution in [0.25, 0.3) is 0 Å². The van der Waals surface area contributed by atoms with Crippen LogP contribution in [-0.2, 0) is 19.0 Å². The quantitative estimate of drug-likeness (QED) is 0.762. The van der Waals surface area contributed by atoms with Crippen molar-refractivity contribution < 1.29 is 19.0 Å². The van der Waals surface area contributed by atoms with Gasteiger partial charge >= 0.3 is 5.97 Å². The van der Waals surface area contributed by atoms with E-state index in [-0.39, 0.29) is 24.0 Å². The summed E-state index contributed by atoms with van der Waals surface area (Å²) in [4.78, 5) is 11.6. The van der Waals surface area contributed by atoms with E-state index in [1.165, 1.54) is 7.11 Å². The second-order valence-corrected chi connectivity index (χ2v) is 5.05. The van der Waals surface area contributed by atoms with Crippen molar-refractivity contribution in [3.05, 3.63) is 18.0 Å². The van der Waals surface area contributed by atoms with E-state index in [4.69, 9.17) is 14.2 Å². The number of carbonyl (C=O) groups excluding carboxylic acids is 1. The number of nitrogens with zero attached hydrogens (tertiary/aromatic N) is 2. The van der Waals surface area contributed by atoms with E-state index in [1.54, 1.807) is 4.68 Å². The summed E-state index contributed by atoms with van der Waals surface area (Å²) in [6.45, 7) is 3.78. The van der Waals surface area contributed by atoms with E-state index >= 15 is 0 Å². The van der Waals surface area contributed by atoms with Gasteiger partial charge in [-0.3, -0.25) is 4.79 Å². The summed E-state index contributed by atoms with van der Waals surface area (Å²) in [6, 6.07) is 1.95. The Balaban J connectivity index is 1.70. The molecule has 3 rings (SSSR count). The zero-order valence-electron chi connectivity index (χ0n) is 11.1. The normalized spacial score (nSPS) is 34.0. The maximum Gasteiger partial charge on any atom is 0.309 e. The number of hydrogen-bond acceptors (Lipinski definition) is 5. The average Bonchev–Trinajstić information content (AvgIpc) is 2.90. The van der Waals surface area contributed by atoms with Gasteiger partial charge in [-0.15, -0.1) is 0 Å². The molecule has 0 radical (unpaired) electrons. The molecule has 1 aliphatic heterocycles. The number of rotatable bonds is 3. The molecule has 1 aliphatic carbocycles. The number of methoxy groups -OCH3 is 1. The zero-order chi connectivity index (χ0) is 13.4. The SMILES string of the molecule is COC(=O)C1C(C)C1c1ccn(C2COCCO2)n1. The Labute approximate surface area is 111 Å². The van der Waals surface area contributed by atoms with Gasteiger partial charge < -0.3 is 14.2 Å². The maximum atomic E-state index is 11.6. The molecule has 4 atom stereocenters. The number of carbonyl (C=O) groups is 1. The van der Waals surface area contributed by atoms with Crippen LogP contribution in [0.1, 0.15) is 24.8 Å². The molecule has 1 aromatic rings. The van der Waals surface area contributed by atoms with Crippen LogP contribution in [0, 0.1) is 11.8 Å². The van der Waals surface area contributed by atoms with E-state index in [1.807, 2.05) is 19.2 Å². The number of aromatic nitrogens is 2. The number of esters is 1. The van der Waals surface area contributed by atoms with Crippen molar-refractivity contribution in [2.45, 2.75) is 19.1 Å². The molecule has 2 aliphatic rings. The molecule has 104 valence electrons. The molecule has 4 unspecified atom stereocenters. The van der Waals surface area contributed by atoms with Crippen LogP contribution >= 0.6 is 0 Å². The lowest BCUT2D eigenvalue weighted by Crippen LogP contribution is -2.27. The van der Waals surface area contributed by atoms with E-state index in [9.17, 15) is 4.79 Å². The van der Waals surface area contributed by atoms with Gasteiger partial charge in [0.05, 0.1) is 38.5 Å². The van der Waals surface area contributed by atoms with Crippen molar-refractivity contribution in [1.82, 2.24) is 9.78 Å². The van der Waals surface area contributed by atoms with E-state index in [0.717, 1.165) is 5.69 Å². The van der Waals surface area contributed by atoms with Crippen LogP contribution < -0.4 is 0 Å². The maximum absolute atomic E-state index is 11.6. The van der Waals surface area contributed by atoms with Gasteiger partial charge in [-0.05, 0) is 12.0 Å². The lowest BCUT2D eigenvalue weighted by atomic mass is 10.2. The Kier molecular flexibility index (Phi) is 3.28. The molecule has 1 saturated carbocycles. The molecule has 1 aromatic heterocycles. The van der Waals surface area contributed by atoms with Crippen molar-refractivity contribution in [3.8, 4) is 0 Å². The Hall–Kier alpha value is -1.40. The molecule has 0 N–H and O–H groups in total. The Morgan fingerprint density at radius 2 is 2.37 bits per heavy atom. The molecule has 6 nitrogen and oxygen atoms in total. The van der Waals surface area contributed by atoms with Gasteiger partial charge in [-0.2, -0.15) is 5.10 Å². The monoisotopic (exact) mass is 266 g/mol. The van der Waals surface area contributed by atoms with Gasteiger partial charge in [0, 0.05) is 12.1 Å². The summed E-state index contributed by atoms with van der Waals surface area (Å²) in [7, 11) is 1.43. The molecular weight excluding hydrogens is 248 g/mol. The minimum absolute atomic E-state index is 0.0584. The molecule has 2 fully saturated rings. The summed E-state index contributed by atoms with van der Waals surface area (Å²) >= 11 is 0. The first-order valence-electron chi connectivity index (χ1n) is 6.54. The zero-order valence-corrected chi connectivity index (χ0v) is 11.1. The largest absolute Gasteiger partial charge is 0.469 e. The van der Waals surface area contributed by atoms with Crippen molar-refractivity contribution in [2.75, 3.05) is 26.9 Å². The predicted octanol–water partition coefficient (Wildman–Crippen LogP) is 0.951. The van der Waals surface area contributed by atoms with Crippen LogP contribution in [-0.4, -0.2) is 42.7 Å². The third-order valence-corrected chi connectivity index (χ3v) is 3.92. The minimum Gasteiger partial charge on any atom is -0.469 e. The predicted molar refractivity (Wildman–Crippen MR) is 65.4 cm³/mol. The lowest BCUT2D eigenvalue weighted by Gasteiger charge is -2.22. The molecule has 0 aromatic carbocycles. The molecule has 6 heteroatoms. The van der Waals surface area contributed by atoms with E-state index in [0.29, 0.717) is 25.7 Å². The average molecular weight is 266 g/mol. The topological polar surface area (TPSA) is 62.6 Å². The van der Waals surface area contributed by atoms with Crippen LogP contribution in [0.15, 0.2) is 12.3 Å². The molecule has 19 heavy (non-hydrogen) atoms. The van der Waals surface area contributed by atoms with Gasteiger partial charge in [-0.1, -0.05) is 6.92 Å². The minimum atomic E-state index is -0.159. The third-order valence-electron chi connectivity index (χ3n) is 3.92. The fraction of sp³-hybridized carbons (Fsp3) is 0.692. The summed E-state index contributed by atoms with van der Waals surface area (Å²) in [6.07, 6.45) is 1.72. The highest BCUT2D eigenvalue weighted by Crippen LogP contribution is 2.53. The van der Waals surface area contributed by atoms with Gasteiger partial charge in [0.2, 0.25) is 0 Å². The van der Waals surface area contributed by atoms with Crippen molar-refractivity contribution >= 4 is 5.97 Å². The standard InChI is InChI=1S/C13H18N2O4/c1-8-11(12(8)13(16)17-2)9-3-4-15(14-9)10-7-18-5-6-19-10/h3-4,8,10-12H,5-7H2,1-2H3. The first kappa shape index (κ1) is 12.6. The fourth-order valence-corrected chi connectivity index (χ4v) is 2.73. The fourth-order valence-electron chi connectivity index (χ4n) is 2.73. The Bertz CT molecular complexity index is 467. The van der Waals surface area contributed by atoms with Gasteiger partial charge in [0.25, 0.3) is 0 Å². The highest BCUT2D eigenvalue weighted by Gasteiger charge is 2.54. The van der Waals surface area contributed by atoms with Gasteiger partial charge in [0.1, 0.15) is 0 Å². The van der Waals surface area contributed by atoms with Crippen LogP contribution in [0.2, 0.25) is 0 Å². The van der Waals surface area contributed by atoms with Crippen molar-refractivity contribution in [2.24, 2.45) is 11.8 Å². The molecular formula is C13H18N2O4. The summed E-state index contributed by atoms with van der Waals surface area (Å²) < 4.78 is 17.5. The van der Waals surface area contributed by atoms with Crippen LogP contribution in [0.3, 0.4) is 0 Å². The second kappa shape index (κ2) is 4.94. The Morgan fingerprint density at radius 1 is 1.53 bits per heavy atom. The van der Waals surface area contributed by atoms with Crippen LogP contribution in [0.4, 0.5) is 0 Å². The second-order valence-electron chi connectivity index (χ2n) is 5.05. The molecule has 2 heterocycles. The van der Waals surface area contributed by atoms with Crippen molar-refractivity contribution in [3.63, 3.8) is 0 Å².